The van der Waals surface area contributed by atoms with E-state index in [0.717, 1.165) is 11.4 Å². The fourth-order valence-corrected chi connectivity index (χ4v) is 12.7. The van der Waals surface area contributed by atoms with Crippen LogP contribution in [0.4, 0.5) is 34.1 Å². The van der Waals surface area contributed by atoms with Crippen LogP contribution in [-0.4, -0.2) is 0 Å². The van der Waals surface area contributed by atoms with Gasteiger partial charge in [-0.3, -0.25) is 0 Å². The highest BCUT2D eigenvalue weighted by atomic mass is 32.2. The molecule has 0 spiro atoms. The third-order valence-corrected chi connectivity index (χ3v) is 16.2. The maximum Gasteiger partial charge on any atom is 0.0608 e. The van der Waals surface area contributed by atoms with Crippen LogP contribution >= 0.6 is 11.8 Å². The molecule has 12 aromatic rings. The van der Waals surface area contributed by atoms with Crippen molar-refractivity contribution in [3.8, 4) is 33.4 Å². The Morgan fingerprint density at radius 3 is 1.61 bits per heavy atom. The van der Waals surface area contributed by atoms with Gasteiger partial charge in [0.15, 0.2) is 0 Å². The largest absolute Gasteiger partial charge is 0.310 e. The molecule has 0 bridgehead atoms. The smallest absolute Gasteiger partial charge is 0.0608 e. The molecule has 0 aliphatic carbocycles. The van der Waals surface area contributed by atoms with Crippen molar-refractivity contribution >= 4 is 89.0 Å². The zero-order valence-corrected chi connectivity index (χ0v) is 39.7. The molecule has 2 heterocycles. The summed E-state index contributed by atoms with van der Waals surface area (Å²) in [6.07, 6.45) is 0. The van der Waals surface area contributed by atoms with Gasteiger partial charge in [0.1, 0.15) is 0 Å². The van der Waals surface area contributed by atoms with Crippen molar-refractivity contribution in [1.29, 1.82) is 0 Å². The van der Waals surface area contributed by atoms with Gasteiger partial charge >= 0.3 is 0 Å². The first-order valence-electron chi connectivity index (χ1n) is 24.2. The molecule has 0 fully saturated rings. The molecule has 12 aromatic carbocycles. The maximum atomic E-state index is 2.52. The summed E-state index contributed by atoms with van der Waals surface area (Å²) in [7, 11) is 0. The molecular weight excluding hydrogens is 865 g/mol. The Kier molecular flexibility index (Phi) is 9.21. The van der Waals surface area contributed by atoms with Gasteiger partial charge in [0, 0.05) is 26.6 Å². The Morgan fingerprint density at radius 1 is 0.300 bits per heavy atom. The average Bonchev–Trinajstić information content (AvgIpc) is 3.42. The number of rotatable bonds is 5. The lowest BCUT2D eigenvalue weighted by Crippen LogP contribution is -2.30. The van der Waals surface area contributed by atoms with Crippen LogP contribution in [0.15, 0.2) is 252 Å². The van der Waals surface area contributed by atoms with Crippen LogP contribution in [0.5, 0.6) is 0 Å². The minimum Gasteiger partial charge on any atom is -0.310 e. The molecule has 0 radical (unpaired) electrons. The fraction of sp³-hybridized carbons (Fsp3) is 0.0448. The van der Waals surface area contributed by atoms with Gasteiger partial charge in [-0.15, -0.1) is 0 Å². The van der Waals surface area contributed by atoms with Crippen LogP contribution in [0.2, 0.25) is 0 Å². The van der Waals surface area contributed by atoms with Crippen molar-refractivity contribution < 1.29 is 0 Å². The standard InChI is InChI=1S/C67H46N2S/c1-67(2)59-26-13-14-27-61(59)68(51-32-34-56-55-33-28-47(44-18-7-4-8-19-44)39-57(55)53-24-11-12-25-54(53)58(56)42-51)64-40-48(29-35-60(64)67)49-31-36-62-65(41-49)70-66-52-23-10-9-20-45(52)30-37-63(66)69(62)50-22-15-21-46(38-50)43-16-5-3-6-17-43/h3-42H,1-2H3. The molecule has 2 nitrogen and oxygen atoms in total. The number of para-hydroxylation sites is 1. The molecule has 0 saturated heterocycles. The van der Waals surface area contributed by atoms with Gasteiger partial charge in [-0.1, -0.05) is 208 Å². The van der Waals surface area contributed by atoms with E-state index in [0.29, 0.717) is 0 Å². The first kappa shape index (κ1) is 40.7. The second-order valence-electron chi connectivity index (χ2n) is 19.3. The lowest BCUT2D eigenvalue weighted by Gasteiger charge is -2.42. The summed E-state index contributed by atoms with van der Waals surface area (Å²) in [4.78, 5) is 7.49. The van der Waals surface area contributed by atoms with Crippen molar-refractivity contribution in [2.45, 2.75) is 29.1 Å². The van der Waals surface area contributed by atoms with Gasteiger partial charge in [0.25, 0.3) is 0 Å². The normalized spacial score (nSPS) is 13.6. The van der Waals surface area contributed by atoms with E-state index in [1.54, 1.807) is 0 Å². The van der Waals surface area contributed by atoms with Gasteiger partial charge < -0.3 is 9.80 Å². The predicted octanol–water partition coefficient (Wildman–Crippen LogP) is 19.3. The summed E-state index contributed by atoms with van der Waals surface area (Å²) in [5.41, 5.74) is 16.8. The van der Waals surface area contributed by atoms with E-state index >= 15 is 0 Å². The van der Waals surface area contributed by atoms with E-state index in [4.69, 9.17) is 0 Å². The molecule has 0 unspecified atom stereocenters. The molecule has 0 aromatic heterocycles. The van der Waals surface area contributed by atoms with E-state index < -0.39 is 0 Å². The van der Waals surface area contributed by atoms with Crippen LogP contribution in [0.1, 0.15) is 25.0 Å². The Bertz CT molecular complexity index is 4060. The highest BCUT2D eigenvalue weighted by molar-refractivity contribution is 8.00. The average molecular weight is 911 g/mol. The van der Waals surface area contributed by atoms with Crippen LogP contribution < -0.4 is 9.80 Å². The molecule has 2 aliphatic heterocycles. The van der Waals surface area contributed by atoms with E-state index in [1.807, 2.05) is 11.8 Å². The molecule has 14 rings (SSSR count). The monoisotopic (exact) mass is 910 g/mol. The number of hydrogen-bond acceptors (Lipinski definition) is 3. The van der Waals surface area contributed by atoms with Gasteiger partial charge in [-0.25, -0.2) is 0 Å². The molecule has 0 saturated carbocycles. The van der Waals surface area contributed by atoms with E-state index in [2.05, 4.69) is 266 Å². The first-order valence-corrected chi connectivity index (χ1v) is 25.1. The molecule has 3 heteroatoms. The summed E-state index contributed by atoms with van der Waals surface area (Å²) >= 11 is 1.89. The van der Waals surface area contributed by atoms with Gasteiger partial charge in [0.05, 0.1) is 22.7 Å². The van der Waals surface area contributed by atoms with Crippen molar-refractivity contribution in [3.05, 3.63) is 254 Å². The van der Waals surface area contributed by atoms with Crippen molar-refractivity contribution in [2.75, 3.05) is 9.80 Å². The zero-order chi connectivity index (χ0) is 46.5. The Hall–Kier alpha value is -8.37. The van der Waals surface area contributed by atoms with Crippen molar-refractivity contribution in [2.24, 2.45) is 0 Å². The van der Waals surface area contributed by atoms with Crippen LogP contribution in [0.25, 0.3) is 76.5 Å². The molecule has 330 valence electrons. The predicted molar refractivity (Wildman–Crippen MR) is 298 cm³/mol. The molecule has 0 N–H and O–H groups in total. The Morgan fingerprint density at radius 2 is 0.829 bits per heavy atom. The number of fused-ring (bicyclic) bond motifs is 12. The minimum absolute atomic E-state index is 0.220. The summed E-state index contributed by atoms with van der Waals surface area (Å²) in [5.74, 6) is 0. The summed E-state index contributed by atoms with van der Waals surface area (Å²) in [6, 6.07) is 90.1. The highest BCUT2D eigenvalue weighted by Crippen LogP contribution is 2.57. The number of hydrogen-bond donors (Lipinski definition) is 0. The minimum atomic E-state index is -0.220. The van der Waals surface area contributed by atoms with Gasteiger partial charge in [0.2, 0.25) is 0 Å². The number of nitrogens with zero attached hydrogens (tertiary/aromatic N) is 2. The van der Waals surface area contributed by atoms with E-state index in [9.17, 15) is 0 Å². The van der Waals surface area contributed by atoms with Crippen LogP contribution in [-0.2, 0) is 5.41 Å². The lowest BCUT2D eigenvalue weighted by molar-refractivity contribution is 0.632. The van der Waals surface area contributed by atoms with E-state index in [-0.39, 0.29) is 5.41 Å². The zero-order valence-electron chi connectivity index (χ0n) is 38.9. The van der Waals surface area contributed by atoms with Crippen LogP contribution in [0.3, 0.4) is 0 Å². The second-order valence-corrected chi connectivity index (χ2v) is 20.3. The summed E-state index contributed by atoms with van der Waals surface area (Å²) in [6.45, 7) is 4.76. The SMILES string of the molecule is CC1(C)c2ccccc2N(c2ccc3c4ccc(-c5ccccc5)cc4c4ccccc4c3c2)c2cc(-c3ccc4c(c3)Sc3c(ccc5ccccc35)N4c3cccc(-c4ccccc4)c3)ccc21. The topological polar surface area (TPSA) is 6.48 Å². The summed E-state index contributed by atoms with van der Waals surface area (Å²) in [5, 5.41) is 10.1. The van der Waals surface area contributed by atoms with Crippen molar-refractivity contribution in [3.63, 3.8) is 0 Å². The van der Waals surface area contributed by atoms with Crippen molar-refractivity contribution in [1.82, 2.24) is 0 Å². The molecule has 70 heavy (non-hydrogen) atoms. The Balaban J connectivity index is 0.925. The van der Waals surface area contributed by atoms with Gasteiger partial charge in [-0.05, 0) is 148 Å². The maximum absolute atomic E-state index is 2.52. The molecule has 0 atom stereocenters. The second kappa shape index (κ2) is 15.8. The third-order valence-electron chi connectivity index (χ3n) is 15.0. The molecule has 2 aliphatic rings. The fourth-order valence-electron chi connectivity index (χ4n) is 11.5. The highest BCUT2D eigenvalue weighted by Gasteiger charge is 2.37. The lowest BCUT2D eigenvalue weighted by atomic mass is 9.73. The van der Waals surface area contributed by atoms with Crippen LogP contribution in [0, 0.1) is 0 Å². The third kappa shape index (κ3) is 6.35. The summed E-state index contributed by atoms with van der Waals surface area (Å²) < 4.78 is 0. The Labute approximate surface area is 412 Å². The quantitative estimate of drug-likeness (QED) is 0.159. The molecule has 0 amide bonds. The van der Waals surface area contributed by atoms with E-state index in [1.165, 1.54) is 120 Å². The van der Waals surface area contributed by atoms with Gasteiger partial charge in [-0.2, -0.15) is 0 Å². The molecular formula is C67H46N2S. The number of benzene rings is 12. The first-order chi connectivity index (χ1) is 34.5. The number of anilines is 6.